The van der Waals surface area contributed by atoms with E-state index in [1.807, 2.05) is 32.6 Å². The molecule has 0 bridgehead atoms. The molecule has 1 aliphatic heterocycles. The van der Waals surface area contributed by atoms with Gasteiger partial charge < -0.3 is 24.4 Å². The minimum absolute atomic E-state index is 0.0932. The number of aliphatic imine (C=N–C) groups is 1. The molecule has 10 heteroatoms. The van der Waals surface area contributed by atoms with Gasteiger partial charge >= 0.3 is 7.60 Å². The summed E-state index contributed by atoms with van der Waals surface area (Å²) in [6.45, 7) is 8.71. The number of nitrogens with zero attached hydrogens (tertiary/aromatic N) is 4. The Balaban J connectivity index is 1.89. The summed E-state index contributed by atoms with van der Waals surface area (Å²) in [7, 11) is -3.29. The van der Waals surface area contributed by atoms with Crippen molar-refractivity contribution in [3.63, 3.8) is 0 Å². The van der Waals surface area contributed by atoms with Gasteiger partial charge in [0.15, 0.2) is 11.6 Å². The van der Waals surface area contributed by atoms with E-state index in [1.165, 1.54) is 6.33 Å². The summed E-state index contributed by atoms with van der Waals surface area (Å²) in [6, 6.07) is 0. The highest BCUT2D eigenvalue weighted by Gasteiger charge is 2.28. The zero-order chi connectivity index (χ0) is 18.4. The number of nitrogens with two attached hydrogens (primary N) is 1. The maximum absolute atomic E-state index is 12.7. The fraction of sp³-hybridized carbons (Fsp3) is 0.667. The third kappa shape index (κ3) is 5.74. The van der Waals surface area contributed by atoms with Crippen molar-refractivity contribution in [3.05, 3.63) is 6.33 Å². The van der Waals surface area contributed by atoms with Gasteiger partial charge in [-0.3, -0.25) is 9.56 Å². The molecule has 2 heterocycles. The second-order valence-corrected chi connectivity index (χ2v) is 8.05. The molecule has 0 radical (unpaired) electrons. The first kappa shape index (κ1) is 19.8. The van der Waals surface area contributed by atoms with Crippen molar-refractivity contribution in [1.82, 2.24) is 9.97 Å². The highest BCUT2D eigenvalue weighted by molar-refractivity contribution is 7.53. The van der Waals surface area contributed by atoms with Crippen molar-refractivity contribution in [2.75, 3.05) is 36.7 Å². The van der Waals surface area contributed by atoms with Crippen LogP contribution in [0.3, 0.4) is 0 Å². The summed E-state index contributed by atoms with van der Waals surface area (Å²) in [5.41, 5.74) is 6.38. The van der Waals surface area contributed by atoms with Crippen molar-refractivity contribution in [1.29, 1.82) is 0 Å². The van der Waals surface area contributed by atoms with Crippen molar-refractivity contribution in [3.8, 4) is 0 Å². The molecule has 0 saturated carbocycles. The van der Waals surface area contributed by atoms with Gasteiger partial charge in [-0.2, -0.15) is 0 Å². The molecule has 1 aromatic rings. The Labute approximate surface area is 148 Å². The lowest BCUT2D eigenvalue weighted by Crippen LogP contribution is -2.32. The topological polar surface area (TPSA) is 112 Å². The number of aromatic nitrogens is 2. The van der Waals surface area contributed by atoms with Crippen molar-refractivity contribution >= 4 is 31.1 Å². The fourth-order valence-electron chi connectivity index (χ4n) is 2.33. The molecule has 0 unspecified atom stereocenters. The van der Waals surface area contributed by atoms with Crippen LogP contribution in [0.25, 0.3) is 0 Å². The Hall–Kier alpha value is -1.54. The van der Waals surface area contributed by atoms with Crippen molar-refractivity contribution in [2.45, 2.75) is 39.9 Å². The highest BCUT2D eigenvalue weighted by atomic mass is 31.2. The normalized spacial score (nSPS) is 14.4. The molecule has 1 aliphatic rings. The third-order valence-corrected chi connectivity index (χ3v) is 5.14. The maximum atomic E-state index is 12.7. The van der Waals surface area contributed by atoms with Crippen LogP contribution in [0, 0.1) is 0 Å². The first-order valence-electron chi connectivity index (χ1n) is 8.22. The van der Waals surface area contributed by atoms with Gasteiger partial charge in [0.05, 0.1) is 25.4 Å². The smallest absolute Gasteiger partial charge is 0.356 e. The molecule has 0 atom stereocenters. The van der Waals surface area contributed by atoms with E-state index < -0.39 is 7.60 Å². The Kier molecular flexibility index (Phi) is 6.89. The molecule has 140 valence electrons. The minimum Gasteiger partial charge on any atom is -0.382 e. The van der Waals surface area contributed by atoms with E-state index in [0.29, 0.717) is 37.0 Å². The zero-order valence-corrected chi connectivity index (χ0v) is 16.0. The van der Waals surface area contributed by atoms with Crippen LogP contribution in [0.1, 0.15) is 27.7 Å². The van der Waals surface area contributed by atoms with Crippen LogP contribution in [-0.2, 0) is 18.3 Å². The second kappa shape index (κ2) is 8.71. The lowest BCUT2D eigenvalue weighted by molar-refractivity contribution is 0.101. The van der Waals surface area contributed by atoms with Crippen LogP contribution in [-0.4, -0.2) is 54.4 Å². The van der Waals surface area contributed by atoms with Crippen LogP contribution in [0.4, 0.5) is 17.3 Å². The van der Waals surface area contributed by atoms with E-state index in [2.05, 4.69) is 15.0 Å². The number of nitrogen functional groups attached to an aromatic ring is 1. The number of ether oxygens (including phenoxy) is 1. The van der Waals surface area contributed by atoms with Gasteiger partial charge in [-0.05, 0) is 27.7 Å². The average Bonchev–Trinajstić information content (AvgIpc) is 2.50. The average molecular weight is 371 g/mol. The van der Waals surface area contributed by atoms with Gasteiger partial charge in [-0.1, -0.05) is 0 Å². The maximum Gasteiger partial charge on any atom is 0.356 e. The number of rotatable bonds is 9. The lowest BCUT2D eigenvalue weighted by Gasteiger charge is -2.27. The van der Waals surface area contributed by atoms with Gasteiger partial charge in [0, 0.05) is 12.8 Å². The summed E-state index contributed by atoms with van der Waals surface area (Å²) < 4.78 is 29.2. The predicted octanol–water partition coefficient (Wildman–Crippen LogP) is 2.60. The van der Waals surface area contributed by atoms with E-state index >= 15 is 0 Å². The molecule has 0 spiro atoms. The van der Waals surface area contributed by atoms with Crippen LogP contribution in [0.2, 0.25) is 0 Å². The fourth-order valence-corrected chi connectivity index (χ4v) is 4.14. The van der Waals surface area contributed by atoms with E-state index in [1.54, 1.807) is 6.21 Å². The zero-order valence-electron chi connectivity index (χ0n) is 15.1. The summed E-state index contributed by atoms with van der Waals surface area (Å²) in [4.78, 5) is 14.4. The van der Waals surface area contributed by atoms with Crippen LogP contribution < -0.4 is 10.6 Å². The summed E-state index contributed by atoms with van der Waals surface area (Å²) in [6.07, 6.45) is 2.64. The summed E-state index contributed by atoms with van der Waals surface area (Å²) in [5, 5.41) is 0. The van der Waals surface area contributed by atoms with Gasteiger partial charge in [0.1, 0.15) is 18.4 Å². The van der Waals surface area contributed by atoms with Gasteiger partial charge in [0.25, 0.3) is 0 Å². The number of anilines is 2. The molecular formula is C15H26N5O4P. The largest absolute Gasteiger partial charge is 0.382 e. The summed E-state index contributed by atoms with van der Waals surface area (Å²) in [5.74, 6) is 1.01. The molecule has 0 fully saturated rings. The lowest BCUT2D eigenvalue weighted by atomic mass is 10.3. The van der Waals surface area contributed by atoms with Crippen molar-refractivity contribution in [2.24, 2.45) is 4.99 Å². The first-order chi connectivity index (χ1) is 11.8. The van der Waals surface area contributed by atoms with E-state index in [9.17, 15) is 4.57 Å². The van der Waals surface area contributed by atoms with E-state index in [0.717, 1.165) is 0 Å². The molecule has 0 aliphatic carbocycles. The summed E-state index contributed by atoms with van der Waals surface area (Å²) >= 11 is 0. The molecule has 9 nitrogen and oxygen atoms in total. The molecule has 0 amide bonds. The standard InChI is InChI=1S/C15H26N5O4P/c1-11(2)23-25(21,24-12(3)4)10-22-8-7-20-6-5-17-13-14(16)18-9-19-15(13)20/h5,9,11-12H,6-8,10H2,1-4H3,(H2,16,18,19). The monoisotopic (exact) mass is 371 g/mol. The SMILES string of the molecule is CC(C)OP(=O)(COCCN1CC=Nc2c(N)ncnc21)OC(C)C. The van der Waals surface area contributed by atoms with Crippen LogP contribution >= 0.6 is 7.60 Å². The Morgan fingerprint density at radius 3 is 2.56 bits per heavy atom. The molecule has 1 aromatic heterocycles. The van der Waals surface area contributed by atoms with Crippen LogP contribution in [0.15, 0.2) is 11.3 Å². The Bertz CT molecular complexity index is 639. The second-order valence-electron chi connectivity index (χ2n) is 6.15. The molecule has 2 N–H and O–H groups in total. The Morgan fingerprint density at radius 2 is 1.92 bits per heavy atom. The number of hydrogen-bond donors (Lipinski definition) is 1. The van der Waals surface area contributed by atoms with Gasteiger partial charge in [0.2, 0.25) is 0 Å². The van der Waals surface area contributed by atoms with Crippen LogP contribution in [0.5, 0.6) is 0 Å². The minimum atomic E-state index is -3.29. The molecular weight excluding hydrogens is 345 g/mol. The highest BCUT2D eigenvalue weighted by Crippen LogP contribution is 2.50. The van der Waals surface area contributed by atoms with Gasteiger partial charge in [-0.25, -0.2) is 9.97 Å². The molecule has 2 rings (SSSR count). The van der Waals surface area contributed by atoms with Gasteiger partial charge in [-0.15, -0.1) is 0 Å². The van der Waals surface area contributed by atoms with Crippen molar-refractivity contribution < 1.29 is 18.3 Å². The number of hydrogen-bond acceptors (Lipinski definition) is 9. The first-order valence-corrected chi connectivity index (χ1v) is 9.95. The molecule has 25 heavy (non-hydrogen) atoms. The quantitative estimate of drug-likeness (QED) is 0.521. The van der Waals surface area contributed by atoms with E-state index in [-0.39, 0.29) is 18.6 Å². The third-order valence-electron chi connectivity index (χ3n) is 3.15. The molecule has 0 aromatic carbocycles. The number of fused-ring (bicyclic) bond motifs is 1. The predicted molar refractivity (Wildman–Crippen MR) is 97.7 cm³/mol. The Morgan fingerprint density at radius 1 is 1.24 bits per heavy atom. The van der Waals surface area contributed by atoms with E-state index in [4.69, 9.17) is 19.5 Å². The molecule has 0 saturated heterocycles.